The van der Waals surface area contributed by atoms with E-state index in [0.29, 0.717) is 32.8 Å². The lowest BCUT2D eigenvalue weighted by atomic mass is 10.2. The summed E-state index contributed by atoms with van der Waals surface area (Å²) in [6.45, 7) is 5.56. The fraction of sp³-hybridized carbons (Fsp3) is 0.857. The first-order valence-electron chi connectivity index (χ1n) is 7.40. The van der Waals surface area contributed by atoms with Crippen LogP contribution in [0.5, 0.6) is 0 Å². The maximum atomic E-state index is 12.2. The molecule has 21 heavy (non-hydrogen) atoms. The lowest BCUT2D eigenvalue weighted by Crippen LogP contribution is -2.51. The number of hydrogen-bond donors (Lipinski definition) is 1. The van der Waals surface area contributed by atoms with Gasteiger partial charge in [0.2, 0.25) is 5.91 Å². The van der Waals surface area contributed by atoms with Gasteiger partial charge in [-0.3, -0.25) is 19.4 Å². The van der Waals surface area contributed by atoms with E-state index in [2.05, 4.69) is 6.92 Å². The van der Waals surface area contributed by atoms with Gasteiger partial charge in [-0.15, -0.1) is 0 Å². The highest BCUT2D eigenvalue weighted by molar-refractivity contribution is 5.78. The number of rotatable bonds is 8. The van der Waals surface area contributed by atoms with E-state index in [9.17, 15) is 9.59 Å². The zero-order valence-electron chi connectivity index (χ0n) is 13.2. The second-order valence-corrected chi connectivity index (χ2v) is 5.66. The Morgan fingerprint density at radius 2 is 2.00 bits per heavy atom. The fourth-order valence-corrected chi connectivity index (χ4v) is 2.49. The number of aliphatic carboxylic acids is 1. The Bertz CT molecular complexity index is 351. The molecule has 1 N–H and O–H groups in total. The minimum atomic E-state index is -0.859. The van der Waals surface area contributed by atoms with Crippen molar-refractivity contribution >= 4 is 11.9 Å². The molecular weight excluding hydrogens is 274 g/mol. The Balaban J connectivity index is 2.40. The average Bonchev–Trinajstić information content (AvgIpc) is 2.38. The molecule has 0 bridgehead atoms. The molecular formula is C14H27N3O4. The molecule has 1 unspecified atom stereocenters. The molecule has 1 fully saturated rings. The van der Waals surface area contributed by atoms with Crippen LogP contribution in [0.1, 0.15) is 13.3 Å². The molecule has 7 heteroatoms. The quantitative estimate of drug-likeness (QED) is 0.656. The van der Waals surface area contributed by atoms with E-state index in [1.807, 2.05) is 16.8 Å². The van der Waals surface area contributed by atoms with Gasteiger partial charge in [-0.05, 0) is 27.1 Å². The zero-order chi connectivity index (χ0) is 15.8. The fourth-order valence-electron chi connectivity index (χ4n) is 2.49. The van der Waals surface area contributed by atoms with Crippen molar-refractivity contribution in [2.75, 3.05) is 60.0 Å². The Morgan fingerprint density at radius 1 is 1.29 bits per heavy atom. The van der Waals surface area contributed by atoms with Gasteiger partial charge in [-0.1, -0.05) is 6.92 Å². The van der Waals surface area contributed by atoms with Crippen LogP contribution in [-0.2, 0) is 14.3 Å². The highest BCUT2D eigenvalue weighted by Gasteiger charge is 2.25. The first kappa shape index (κ1) is 17.9. The largest absolute Gasteiger partial charge is 0.480 e. The number of carbonyl (C=O) groups excluding carboxylic acids is 1. The van der Waals surface area contributed by atoms with Gasteiger partial charge in [0.1, 0.15) is 0 Å². The van der Waals surface area contributed by atoms with Crippen molar-refractivity contribution in [1.82, 2.24) is 14.7 Å². The van der Waals surface area contributed by atoms with Gasteiger partial charge in [0.15, 0.2) is 0 Å². The van der Waals surface area contributed by atoms with Gasteiger partial charge in [-0.25, -0.2) is 0 Å². The summed E-state index contributed by atoms with van der Waals surface area (Å²) < 4.78 is 5.62. The minimum Gasteiger partial charge on any atom is -0.480 e. The predicted molar refractivity (Wildman–Crippen MR) is 79.2 cm³/mol. The van der Waals surface area contributed by atoms with Gasteiger partial charge < -0.3 is 14.7 Å². The molecule has 7 nitrogen and oxygen atoms in total. The van der Waals surface area contributed by atoms with Gasteiger partial charge in [0.05, 0.1) is 25.8 Å². The summed E-state index contributed by atoms with van der Waals surface area (Å²) in [5, 5.41) is 8.75. The van der Waals surface area contributed by atoms with E-state index in [1.165, 1.54) is 0 Å². The molecule has 0 aromatic carbocycles. The zero-order valence-corrected chi connectivity index (χ0v) is 13.2. The molecule has 1 rings (SSSR count). The Kier molecular flexibility index (Phi) is 7.63. The maximum absolute atomic E-state index is 12.2. The van der Waals surface area contributed by atoms with E-state index in [-0.39, 0.29) is 18.6 Å². The molecule has 0 aromatic heterocycles. The molecule has 0 spiro atoms. The van der Waals surface area contributed by atoms with E-state index in [0.717, 1.165) is 13.0 Å². The smallest absolute Gasteiger partial charge is 0.317 e. The standard InChI is InChI=1S/C14H27N3O4/c1-4-5-15(2)10-13(18)17-6-7-21-12(9-17)8-16(3)11-14(19)20/h12H,4-11H2,1-3H3,(H,19,20). The minimum absolute atomic E-state index is 0.0208. The number of carbonyl (C=O) groups is 2. The molecule has 122 valence electrons. The SMILES string of the molecule is CCCN(C)CC(=O)N1CCOC(CN(C)CC(=O)O)C1. The van der Waals surface area contributed by atoms with Gasteiger partial charge in [0, 0.05) is 19.6 Å². The number of hydrogen-bond acceptors (Lipinski definition) is 5. The van der Waals surface area contributed by atoms with Crippen LogP contribution in [0.4, 0.5) is 0 Å². The third kappa shape index (κ3) is 6.88. The number of likely N-dealkylation sites (N-methyl/N-ethyl adjacent to an activating group) is 2. The van der Waals surface area contributed by atoms with Crippen molar-refractivity contribution in [1.29, 1.82) is 0 Å². The summed E-state index contributed by atoms with van der Waals surface area (Å²) in [6, 6.07) is 0. The van der Waals surface area contributed by atoms with Crippen LogP contribution < -0.4 is 0 Å². The predicted octanol–water partition coefficient (Wildman–Crippen LogP) is -0.428. The van der Waals surface area contributed by atoms with Crippen molar-refractivity contribution in [2.45, 2.75) is 19.4 Å². The topological polar surface area (TPSA) is 73.3 Å². The van der Waals surface area contributed by atoms with Crippen LogP contribution in [-0.4, -0.2) is 97.8 Å². The Hall–Kier alpha value is -1.18. The van der Waals surface area contributed by atoms with Crippen LogP contribution in [0.2, 0.25) is 0 Å². The Morgan fingerprint density at radius 3 is 2.62 bits per heavy atom. The molecule has 1 saturated heterocycles. The Labute approximate surface area is 126 Å². The number of morpholine rings is 1. The lowest BCUT2D eigenvalue weighted by molar-refractivity contribution is -0.142. The average molecular weight is 301 g/mol. The second-order valence-electron chi connectivity index (χ2n) is 5.66. The molecule has 1 heterocycles. The molecule has 0 aliphatic carbocycles. The van der Waals surface area contributed by atoms with Crippen LogP contribution >= 0.6 is 0 Å². The highest BCUT2D eigenvalue weighted by Crippen LogP contribution is 2.07. The van der Waals surface area contributed by atoms with Gasteiger partial charge in [0.25, 0.3) is 0 Å². The van der Waals surface area contributed by atoms with Gasteiger partial charge >= 0.3 is 5.97 Å². The monoisotopic (exact) mass is 301 g/mol. The van der Waals surface area contributed by atoms with E-state index >= 15 is 0 Å². The van der Waals surface area contributed by atoms with Crippen molar-refractivity contribution < 1.29 is 19.4 Å². The summed E-state index contributed by atoms with van der Waals surface area (Å²) in [5.41, 5.74) is 0. The van der Waals surface area contributed by atoms with Crippen molar-refractivity contribution in [3.05, 3.63) is 0 Å². The van der Waals surface area contributed by atoms with Crippen LogP contribution in [0, 0.1) is 0 Å². The van der Waals surface area contributed by atoms with Crippen molar-refractivity contribution in [3.63, 3.8) is 0 Å². The van der Waals surface area contributed by atoms with Crippen molar-refractivity contribution in [2.24, 2.45) is 0 Å². The maximum Gasteiger partial charge on any atom is 0.317 e. The third-order valence-corrected chi connectivity index (χ3v) is 3.42. The summed E-state index contributed by atoms with van der Waals surface area (Å²) in [4.78, 5) is 28.4. The molecule has 1 aliphatic rings. The van der Waals surface area contributed by atoms with E-state index in [1.54, 1.807) is 11.9 Å². The third-order valence-electron chi connectivity index (χ3n) is 3.42. The molecule has 1 amide bonds. The first-order chi connectivity index (χ1) is 9.92. The van der Waals surface area contributed by atoms with E-state index in [4.69, 9.17) is 9.84 Å². The highest BCUT2D eigenvalue weighted by atomic mass is 16.5. The number of ether oxygens (including phenoxy) is 1. The first-order valence-corrected chi connectivity index (χ1v) is 7.40. The lowest BCUT2D eigenvalue weighted by Gasteiger charge is -2.35. The summed E-state index contributed by atoms with van der Waals surface area (Å²) in [6.07, 6.45) is 0.902. The summed E-state index contributed by atoms with van der Waals surface area (Å²) >= 11 is 0. The van der Waals surface area contributed by atoms with Crippen molar-refractivity contribution in [3.8, 4) is 0 Å². The summed E-state index contributed by atoms with van der Waals surface area (Å²) in [5.74, 6) is -0.748. The number of carboxylic acid groups (broad SMARTS) is 1. The summed E-state index contributed by atoms with van der Waals surface area (Å²) in [7, 11) is 3.69. The molecule has 1 aliphatic heterocycles. The van der Waals surface area contributed by atoms with Crippen LogP contribution in [0.25, 0.3) is 0 Å². The number of nitrogens with zero attached hydrogens (tertiary/aromatic N) is 3. The molecule has 1 atom stereocenters. The number of amides is 1. The molecule has 0 radical (unpaired) electrons. The van der Waals surface area contributed by atoms with Crippen LogP contribution in [0.15, 0.2) is 0 Å². The second kappa shape index (κ2) is 8.96. The van der Waals surface area contributed by atoms with Crippen LogP contribution in [0.3, 0.4) is 0 Å². The van der Waals surface area contributed by atoms with E-state index < -0.39 is 5.97 Å². The van der Waals surface area contributed by atoms with Gasteiger partial charge in [-0.2, -0.15) is 0 Å². The molecule has 0 aromatic rings. The normalized spacial score (nSPS) is 19.3. The number of carboxylic acids is 1. The molecule has 0 saturated carbocycles.